The van der Waals surface area contributed by atoms with Crippen LogP contribution in [0, 0.1) is 0 Å². The summed E-state index contributed by atoms with van der Waals surface area (Å²) in [7, 11) is -2.07. The Balaban J connectivity index is 1.65. The molecule has 4 aromatic rings. The summed E-state index contributed by atoms with van der Waals surface area (Å²) in [6.07, 6.45) is 1.02. The fraction of sp³-hybridized carbons (Fsp3) is 0.419. The van der Waals surface area contributed by atoms with Crippen molar-refractivity contribution in [1.82, 2.24) is 15.0 Å². The Morgan fingerprint density at radius 2 is 1.48 bits per heavy atom. The minimum Gasteiger partial charge on any atom is -0.381 e. The average Bonchev–Trinajstić information content (AvgIpc) is 3.33. The molecule has 3 N–H and O–H groups in total. The van der Waals surface area contributed by atoms with Gasteiger partial charge in [0.05, 0.1) is 13.6 Å². The summed E-state index contributed by atoms with van der Waals surface area (Å²) in [6.45, 7) is 16.0. The molecule has 3 heterocycles. The lowest BCUT2D eigenvalue weighted by molar-refractivity contribution is -0.137. The van der Waals surface area contributed by atoms with Gasteiger partial charge in [0.15, 0.2) is 0 Å². The summed E-state index contributed by atoms with van der Waals surface area (Å²) in [5.74, 6) is 0.562. The summed E-state index contributed by atoms with van der Waals surface area (Å²) in [4.78, 5) is 12.4. The van der Waals surface area contributed by atoms with Crippen LogP contribution in [-0.2, 0) is 18.3 Å². The van der Waals surface area contributed by atoms with Gasteiger partial charge in [-0.25, -0.2) is 9.97 Å². The molecule has 0 bridgehead atoms. The molecule has 0 aliphatic carbocycles. The van der Waals surface area contributed by atoms with E-state index in [1.54, 1.807) is 19.2 Å². The van der Waals surface area contributed by atoms with Crippen molar-refractivity contribution < 1.29 is 18.3 Å². The molecule has 214 valence electrons. The molecule has 4 rings (SSSR count). The standard InChI is InChI=1S/C31H39F3N4OSi/c1-19(2)40(20(3)4,21(5)6)26-14-15-35-29-28(26)25(18-38-29)30(7,39)24-12-13-27(37-17-24)36-16-22-8-10-23(11-9-22)31(32,33)34/h8-15,17-21,39H,16H2,1-7H3,(H,35,38)(H,36,37). The third-order valence-corrected chi connectivity index (χ3v) is 15.6. The zero-order valence-corrected chi connectivity index (χ0v) is 25.2. The lowest BCUT2D eigenvalue weighted by Crippen LogP contribution is -2.56. The summed E-state index contributed by atoms with van der Waals surface area (Å²) in [5.41, 5.74) is 2.34. The Morgan fingerprint density at radius 1 is 0.875 bits per heavy atom. The van der Waals surface area contributed by atoms with Crippen LogP contribution in [0.1, 0.15) is 70.7 Å². The van der Waals surface area contributed by atoms with Gasteiger partial charge in [0, 0.05) is 41.6 Å². The third-order valence-electron chi connectivity index (χ3n) is 8.51. The molecule has 0 aliphatic heterocycles. The number of rotatable bonds is 9. The summed E-state index contributed by atoms with van der Waals surface area (Å²) < 4.78 is 38.5. The van der Waals surface area contributed by atoms with Gasteiger partial charge >= 0.3 is 6.18 Å². The van der Waals surface area contributed by atoms with Gasteiger partial charge in [-0.1, -0.05) is 59.7 Å². The lowest BCUT2D eigenvalue weighted by Gasteiger charge is -2.44. The Hall–Kier alpha value is -3.17. The summed E-state index contributed by atoms with van der Waals surface area (Å²) >= 11 is 0. The van der Waals surface area contributed by atoms with E-state index in [2.05, 4.69) is 67.9 Å². The zero-order chi connectivity index (χ0) is 29.5. The highest BCUT2D eigenvalue weighted by atomic mass is 28.3. The maximum Gasteiger partial charge on any atom is 0.416 e. The molecule has 0 amide bonds. The zero-order valence-electron chi connectivity index (χ0n) is 24.2. The smallest absolute Gasteiger partial charge is 0.381 e. The Kier molecular flexibility index (Phi) is 8.20. The van der Waals surface area contributed by atoms with Crippen LogP contribution in [0.3, 0.4) is 0 Å². The van der Waals surface area contributed by atoms with Crippen molar-refractivity contribution >= 4 is 30.1 Å². The quantitative estimate of drug-likeness (QED) is 0.181. The van der Waals surface area contributed by atoms with Crippen molar-refractivity contribution in [2.45, 2.75) is 83.4 Å². The summed E-state index contributed by atoms with van der Waals surface area (Å²) in [6, 6.07) is 10.8. The molecular formula is C31H39F3N4OSi. The molecule has 0 aliphatic rings. The highest BCUT2D eigenvalue weighted by molar-refractivity contribution is 6.96. The number of aromatic amines is 1. The third kappa shape index (κ3) is 5.29. The molecule has 0 saturated carbocycles. The maximum absolute atomic E-state index is 12.8. The number of anilines is 1. The molecule has 5 nitrogen and oxygen atoms in total. The molecule has 0 saturated heterocycles. The SMILES string of the molecule is CC(C)[Si](c1ccnc2[nH]cc(C(C)(O)c3ccc(NCc4ccc(C(F)(F)F)cc4)nc3)c12)(C(C)C)C(C)C. The topological polar surface area (TPSA) is 73.8 Å². The molecule has 0 radical (unpaired) electrons. The van der Waals surface area contributed by atoms with Crippen LogP contribution in [0.4, 0.5) is 19.0 Å². The molecule has 9 heteroatoms. The Labute approximate surface area is 235 Å². The second kappa shape index (κ2) is 11.0. The molecule has 0 spiro atoms. The van der Waals surface area contributed by atoms with E-state index in [4.69, 9.17) is 0 Å². The molecule has 1 atom stereocenters. The number of aliphatic hydroxyl groups is 1. The van der Waals surface area contributed by atoms with Gasteiger partial charge in [-0.05, 0) is 58.6 Å². The number of aromatic nitrogens is 3. The van der Waals surface area contributed by atoms with Gasteiger partial charge in [-0.3, -0.25) is 0 Å². The van der Waals surface area contributed by atoms with Gasteiger partial charge in [0.2, 0.25) is 0 Å². The molecule has 1 unspecified atom stereocenters. The van der Waals surface area contributed by atoms with Crippen molar-refractivity contribution in [2.75, 3.05) is 5.32 Å². The van der Waals surface area contributed by atoms with Crippen LogP contribution in [0.15, 0.2) is 61.1 Å². The monoisotopic (exact) mass is 568 g/mol. The van der Waals surface area contributed by atoms with Crippen molar-refractivity contribution in [3.05, 3.63) is 83.3 Å². The average molecular weight is 569 g/mol. The number of alkyl halides is 3. The number of halogens is 3. The molecular weight excluding hydrogens is 529 g/mol. The van der Waals surface area contributed by atoms with E-state index in [1.807, 2.05) is 18.5 Å². The van der Waals surface area contributed by atoms with E-state index >= 15 is 0 Å². The predicted molar refractivity (Wildman–Crippen MR) is 158 cm³/mol. The van der Waals surface area contributed by atoms with Crippen LogP contribution < -0.4 is 10.5 Å². The number of H-pyrrole nitrogens is 1. The highest BCUT2D eigenvalue weighted by Crippen LogP contribution is 2.44. The minimum absolute atomic E-state index is 0.324. The van der Waals surface area contributed by atoms with Crippen molar-refractivity contribution in [3.63, 3.8) is 0 Å². The van der Waals surface area contributed by atoms with Crippen LogP contribution in [-0.4, -0.2) is 28.1 Å². The first-order valence-corrected chi connectivity index (χ1v) is 16.0. The second-order valence-electron chi connectivity index (χ2n) is 11.7. The van der Waals surface area contributed by atoms with Crippen molar-refractivity contribution in [3.8, 4) is 0 Å². The first-order valence-electron chi connectivity index (χ1n) is 13.8. The van der Waals surface area contributed by atoms with E-state index in [9.17, 15) is 18.3 Å². The van der Waals surface area contributed by atoms with Gasteiger partial charge in [0.1, 0.15) is 17.1 Å². The van der Waals surface area contributed by atoms with E-state index in [0.29, 0.717) is 40.1 Å². The predicted octanol–water partition coefficient (Wildman–Crippen LogP) is 7.73. The number of nitrogens with zero attached hydrogens (tertiary/aromatic N) is 2. The first kappa shape index (κ1) is 29.8. The first-order chi connectivity index (χ1) is 18.7. The number of fused-ring (bicyclic) bond motifs is 1. The number of nitrogens with one attached hydrogen (secondary N) is 2. The fourth-order valence-electron chi connectivity index (χ4n) is 6.68. The second-order valence-corrected chi connectivity index (χ2v) is 17.6. The molecule has 0 fully saturated rings. The number of hydrogen-bond acceptors (Lipinski definition) is 4. The number of hydrogen-bond donors (Lipinski definition) is 3. The molecule has 3 aromatic heterocycles. The summed E-state index contributed by atoms with van der Waals surface area (Å²) in [5, 5.41) is 17.4. The largest absolute Gasteiger partial charge is 0.416 e. The van der Waals surface area contributed by atoms with E-state index in [1.165, 1.54) is 17.3 Å². The van der Waals surface area contributed by atoms with Gasteiger partial charge in [0.25, 0.3) is 0 Å². The van der Waals surface area contributed by atoms with Crippen molar-refractivity contribution in [1.29, 1.82) is 0 Å². The van der Waals surface area contributed by atoms with Crippen LogP contribution in [0.25, 0.3) is 11.0 Å². The normalized spacial score (nSPS) is 14.3. The van der Waals surface area contributed by atoms with Gasteiger partial charge in [-0.2, -0.15) is 13.2 Å². The van der Waals surface area contributed by atoms with Gasteiger partial charge in [-0.15, -0.1) is 0 Å². The van der Waals surface area contributed by atoms with E-state index < -0.39 is 25.4 Å². The van der Waals surface area contributed by atoms with Crippen LogP contribution in [0.5, 0.6) is 0 Å². The van der Waals surface area contributed by atoms with Crippen LogP contribution >= 0.6 is 0 Å². The van der Waals surface area contributed by atoms with E-state index in [-0.39, 0.29) is 0 Å². The van der Waals surface area contributed by atoms with Crippen LogP contribution in [0.2, 0.25) is 16.6 Å². The van der Waals surface area contributed by atoms with Gasteiger partial charge < -0.3 is 15.4 Å². The lowest BCUT2D eigenvalue weighted by atomic mass is 9.89. The molecule has 40 heavy (non-hydrogen) atoms. The Bertz CT molecular complexity index is 1420. The number of pyridine rings is 2. The fourth-order valence-corrected chi connectivity index (χ4v) is 13.6. The minimum atomic E-state index is -4.36. The molecule has 1 aromatic carbocycles. The maximum atomic E-state index is 12.8. The highest BCUT2D eigenvalue weighted by Gasteiger charge is 2.46. The van der Waals surface area contributed by atoms with Crippen molar-refractivity contribution in [2.24, 2.45) is 0 Å². The Morgan fingerprint density at radius 3 is 2.00 bits per heavy atom. The number of benzene rings is 1. The van der Waals surface area contributed by atoms with E-state index in [0.717, 1.165) is 28.7 Å².